The Bertz CT molecular complexity index is 1110. The Morgan fingerprint density at radius 1 is 0.939 bits per heavy atom. The summed E-state index contributed by atoms with van der Waals surface area (Å²) in [6.07, 6.45) is -4.81. The standard InChI is InChI=1S/C24H20F3NO5/c1-16-5-4-6-17(13-16)14-31-21-8-3-2-7-20(21)23(30)32-15-22(29)28-18-9-11-19(12-10-18)33-24(25,26)27/h2-13H,14-15H2,1H3,(H,28,29). The summed E-state index contributed by atoms with van der Waals surface area (Å²) in [5.74, 6) is -1.52. The molecule has 0 aliphatic heterocycles. The van der Waals surface area contributed by atoms with Crippen molar-refractivity contribution < 1.29 is 37.0 Å². The van der Waals surface area contributed by atoms with Crippen molar-refractivity contribution in [1.29, 1.82) is 0 Å². The van der Waals surface area contributed by atoms with Crippen LogP contribution >= 0.6 is 0 Å². The summed E-state index contributed by atoms with van der Waals surface area (Å²) in [6, 6.07) is 18.8. The molecule has 3 rings (SSSR count). The zero-order chi connectivity index (χ0) is 23.8. The fourth-order valence-electron chi connectivity index (χ4n) is 2.87. The first-order valence-corrected chi connectivity index (χ1v) is 9.80. The molecule has 0 aliphatic carbocycles. The predicted molar refractivity (Wildman–Crippen MR) is 114 cm³/mol. The van der Waals surface area contributed by atoms with E-state index in [0.29, 0.717) is 5.75 Å². The van der Waals surface area contributed by atoms with E-state index in [0.717, 1.165) is 23.3 Å². The van der Waals surface area contributed by atoms with Gasteiger partial charge in [0, 0.05) is 5.69 Å². The smallest absolute Gasteiger partial charge is 0.488 e. The van der Waals surface area contributed by atoms with E-state index >= 15 is 0 Å². The Hall–Kier alpha value is -4.01. The van der Waals surface area contributed by atoms with Gasteiger partial charge >= 0.3 is 12.3 Å². The number of carbonyl (C=O) groups excluding carboxylic acids is 2. The molecule has 0 heterocycles. The molecule has 0 aliphatic rings. The first-order chi connectivity index (χ1) is 15.7. The molecule has 33 heavy (non-hydrogen) atoms. The molecule has 3 aromatic carbocycles. The van der Waals surface area contributed by atoms with Crippen LogP contribution in [0.15, 0.2) is 72.8 Å². The van der Waals surface area contributed by atoms with Gasteiger partial charge in [0.2, 0.25) is 0 Å². The second-order valence-corrected chi connectivity index (χ2v) is 6.97. The van der Waals surface area contributed by atoms with Crippen molar-refractivity contribution in [3.63, 3.8) is 0 Å². The van der Waals surface area contributed by atoms with E-state index in [9.17, 15) is 22.8 Å². The molecule has 0 saturated heterocycles. The van der Waals surface area contributed by atoms with Crippen molar-refractivity contribution in [1.82, 2.24) is 0 Å². The predicted octanol–water partition coefficient (Wildman–Crippen LogP) is 5.27. The van der Waals surface area contributed by atoms with Gasteiger partial charge in [-0.15, -0.1) is 13.2 Å². The first kappa shape index (κ1) is 23.6. The second-order valence-electron chi connectivity index (χ2n) is 6.97. The van der Waals surface area contributed by atoms with Crippen molar-refractivity contribution in [2.45, 2.75) is 19.9 Å². The van der Waals surface area contributed by atoms with Crippen LogP contribution in [0, 0.1) is 6.92 Å². The van der Waals surface area contributed by atoms with Crippen LogP contribution in [0.1, 0.15) is 21.5 Å². The van der Waals surface area contributed by atoms with Crippen LogP contribution in [0.3, 0.4) is 0 Å². The summed E-state index contributed by atoms with van der Waals surface area (Å²) < 4.78 is 51.2. The third kappa shape index (κ3) is 7.57. The zero-order valence-corrected chi connectivity index (χ0v) is 17.5. The maximum atomic E-state index is 12.5. The van der Waals surface area contributed by atoms with E-state index in [1.54, 1.807) is 18.2 Å². The number of hydrogen-bond acceptors (Lipinski definition) is 5. The largest absolute Gasteiger partial charge is 0.573 e. The number of nitrogens with one attached hydrogen (secondary N) is 1. The Balaban J connectivity index is 1.53. The average Bonchev–Trinajstić information content (AvgIpc) is 2.77. The number of aryl methyl sites for hydroxylation is 1. The average molecular weight is 459 g/mol. The molecule has 6 nitrogen and oxygen atoms in total. The summed E-state index contributed by atoms with van der Waals surface area (Å²) in [6.45, 7) is 1.62. The van der Waals surface area contributed by atoms with Crippen LogP contribution in [0.25, 0.3) is 0 Å². The number of rotatable bonds is 8. The Morgan fingerprint density at radius 3 is 2.36 bits per heavy atom. The molecule has 1 amide bonds. The van der Waals surface area contributed by atoms with E-state index in [2.05, 4.69) is 10.1 Å². The summed E-state index contributed by atoms with van der Waals surface area (Å²) in [4.78, 5) is 24.5. The normalized spacial score (nSPS) is 10.9. The molecule has 172 valence electrons. The highest BCUT2D eigenvalue weighted by Crippen LogP contribution is 2.24. The van der Waals surface area contributed by atoms with E-state index in [1.807, 2.05) is 31.2 Å². The second kappa shape index (κ2) is 10.5. The first-order valence-electron chi connectivity index (χ1n) is 9.80. The van der Waals surface area contributed by atoms with Gasteiger partial charge in [0.1, 0.15) is 23.7 Å². The number of anilines is 1. The van der Waals surface area contributed by atoms with Gasteiger partial charge in [-0.1, -0.05) is 42.0 Å². The van der Waals surface area contributed by atoms with Gasteiger partial charge in [0.15, 0.2) is 6.61 Å². The summed E-state index contributed by atoms with van der Waals surface area (Å²) in [7, 11) is 0. The molecule has 0 bridgehead atoms. The molecule has 3 aromatic rings. The number of halogens is 3. The molecule has 0 atom stereocenters. The Labute approximate surface area is 187 Å². The number of hydrogen-bond donors (Lipinski definition) is 1. The summed E-state index contributed by atoms with van der Waals surface area (Å²) in [5, 5.41) is 2.42. The van der Waals surface area contributed by atoms with Gasteiger partial charge in [-0.3, -0.25) is 4.79 Å². The number of amides is 1. The zero-order valence-electron chi connectivity index (χ0n) is 17.5. The number of alkyl halides is 3. The lowest BCUT2D eigenvalue weighted by atomic mass is 10.1. The highest BCUT2D eigenvalue weighted by molar-refractivity contribution is 5.96. The molecular weight excluding hydrogens is 439 g/mol. The van der Waals surface area contributed by atoms with Crippen molar-refractivity contribution in [3.8, 4) is 11.5 Å². The minimum absolute atomic E-state index is 0.159. The van der Waals surface area contributed by atoms with E-state index < -0.39 is 30.6 Å². The molecule has 9 heteroatoms. The monoisotopic (exact) mass is 459 g/mol. The molecule has 0 saturated carbocycles. The van der Waals surface area contributed by atoms with Gasteiger partial charge in [0.25, 0.3) is 5.91 Å². The van der Waals surface area contributed by atoms with E-state index in [-0.39, 0.29) is 17.9 Å². The third-order valence-corrected chi connectivity index (χ3v) is 4.29. The highest BCUT2D eigenvalue weighted by Gasteiger charge is 2.31. The molecule has 0 fully saturated rings. The Morgan fingerprint density at radius 2 is 1.67 bits per heavy atom. The molecule has 0 unspecified atom stereocenters. The molecule has 0 radical (unpaired) electrons. The van der Waals surface area contributed by atoms with Crippen LogP contribution in [-0.2, 0) is 16.1 Å². The maximum Gasteiger partial charge on any atom is 0.573 e. The van der Waals surface area contributed by atoms with Gasteiger partial charge in [0.05, 0.1) is 0 Å². The number of para-hydroxylation sites is 1. The molecular formula is C24H20F3NO5. The quantitative estimate of drug-likeness (QED) is 0.465. The fourth-order valence-corrected chi connectivity index (χ4v) is 2.87. The van der Waals surface area contributed by atoms with Crippen LogP contribution in [0.4, 0.5) is 18.9 Å². The summed E-state index contributed by atoms with van der Waals surface area (Å²) in [5.41, 5.74) is 2.39. The number of ether oxygens (including phenoxy) is 3. The van der Waals surface area contributed by atoms with Crippen LogP contribution in [0.2, 0.25) is 0 Å². The van der Waals surface area contributed by atoms with E-state index in [1.165, 1.54) is 18.2 Å². The fraction of sp³-hybridized carbons (Fsp3) is 0.167. The highest BCUT2D eigenvalue weighted by atomic mass is 19.4. The lowest BCUT2D eigenvalue weighted by Gasteiger charge is -2.12. The number of carbonyl (C=O) groups is 2. The molecule has 0 spiro atoms. The SMILES string of the molecule is Cc1cccc(COc2ccccc2C(=O)OCC(=O)Nc2ccc(OC(F)(F)F)cc2)c1. The van der Waals surface area contributed by atoms with Gasteiger partial charge < -0.3 is 19.5 Å². The lowest BCUT2D eigenvalue weighted by Crippen LogP contribution is -2.21. The summed E-state index contributed by atoms with van der Waals surface area (Å²) >= 11 is 0. The Kier molecular flexibility index (Phi) is 7.55. The maximum absolute atomic E-state index is 12.5. The molecule has 0 aromatic heterocycles. The van der Waals surface area contributed by atoms with Crippen molar-refractivity contribution in [3.05, 3.63) is 89.5 Å². The third-order valence-electron chi connectivity index (χ3n) is 4.29. The topological polar surface area (TPSA) is 73.9 Å². The number of esters is 1. The van der Waals surface area contributed by atoms with Crippen LogP contribution in [0.5, 0.6) is 11.5 Å². The lowest BCUT2D eigenvalue weighted by molar-refractivity contribution is -0.274. The van der Waals surface area contributed by atoms with Crippen molar-refractivity contribution in [2.75, 3.05) is 11.9 Å². The van der Waals surface area contributed by atoms with E-state index in [4.69, 9.17) is 9.47 Å². The van der Waals surface area contributed by atoms with Gasteiger partial charge in [-0.25, -0.2) is 4.79 Å². The van der Waals surface area contributed by atoms with Crippen LogP contribution < -0.4 is 14.8 Å². The minimum Gasteiger partial charge on any atom is -0.488 e. The van der Waals surface area contributed by atoms with Gasteiger partial charge in [-0.05, 0) is 48.9 Å². The van der Waals surface area contributed by atoms with Gasteiger partial charge in [-0.2, -0.15) is 0 Å². The molecule has 1 N–H and O–H groups in total. The van der Waals surface area contributed by atoms with Crippen molar-refractivity contribution in [2.24, 2.45) is 0 Å². The number of benzene rings is 3. The minimum atomic E-state index is -4.81. The van der Waals surface area contributed by atoms with Crippen LogP contribution in [-0.4, -0.2) is 24.8 Å². The van der Waals surface area contributed by atoms with Crippen molar-refractivity contribution >= 4 is 17.6 Å².